The van der Waals surface area contributed by atoms with E-state index < -0.39 is 11.8 Å². The van der Waals surface area contributed by atoms with Gasteiger partial charge in [0, 0.05) is 6.54 Å². The molecule has 0 bridgehead atoms. The predicted molar refractivity (Wildman–Crippen MR) is 67.9 cm³/mol. The second-order valence-corrected chi connectivity index (χ2v) is 4.14. The number of rotatable bonds is 3. The van der Waals surface area contributed by atoms with Crippen molar-refractivity contribution in [3.05, 3.63) is 23.8 Å². The van der Waals surface area contributed by atoms with Crippen molar-refractivity contribution >= 4 is 29.1 Å². The van der Waals surface area contributed by atoms with Gasteiger partial charge in [0.15, 0.2) is 6.61 Å². The number of hydrogen-bond donors (Lipinski definition) is 1. The molecule has 96 valence electrons. The zero-order chi connectivity index (χ0) is 13.1. The van der Waals surface area contributed by atoms with Crippen molar-refractivity contribution in [3.8, 4) is 5.75 Å². The van der Waals surface area contributed by atoms with Crippen molar-refractivity contribution in [2.75, 3.05) is 24.4 Å². The largest absolute Gasteiger partial charge is 0.482 e. The highest BCUT2D eigenvalue weighted by Crippen LogP contribution is 2.33. The van der Waals surface area contributed by atoms with Crippen LogP contribution in [0.4, 0.5) is 5.69 Å². The summed E-state index contributed by atoms with van der Waals surface area (Å²) in [6.45, 7) is 0.505. The SMILES string of the molecule is CNCc1ccc2c(c1)N(C(=O)CCl)C(=O)CO2. The molecule has 0 radical (unpaired) electrons. The Morgan fingerprint density at radius 3 is 3.00 bits per heavy atom. The Morgan fingerprint density at radius 2 is 2.33 bits per heavy atom. The van der Waals surface area contributed by atoms with Crippen LogP contribution >= 0.6 is 11.6 Å². The minimum Gasteiger partial charge on any atom is -0.482 e. The number of nitrogens with one attached hydrogen (secondary N) is 1. The first-order valence-electron chi connectivity index (χ1n) is 5.49. The molecule has 0 spiro atoms. The minimum absolute atomic E-state index is 0.138. The highest BCUT2D eigenvalue weighted by molar-refractivity contribution is 6.33. The summed E-state index contributed by atoms with van der Waals surface area (Å²) < 4.78 is 5.29. The van der Waals surface area contributed by atoms with E-state index in [0.29, 0.717) is 18.0 Å². The van der Waals surface area contributed by atoms with Gasteiger partial charge in [-0.2, -0.15) is 0 Å². The van der Waals surface area contributed by atoms with Gasteiger partial charge in [-0.15, -0.1) is 11.6 Å². The molecular weight excluding hydrogens is 256 g/mol. The van der Waals surface area contributed by atoms with Crippen LogP contribution in [-0.4, -0.2) is 31.3 Å². The van der Waals surface area contributed by atoms with Crippen LogP contribution in [0.25, 0.3) is 0 Å². The molecule has 0 aliphatic carbocycles. The highest BCUT2D eigenvalue weighted by atomic mass is 35.5. The number of nitrogens with zero attached hydrogens (tertiary/aromatic N) is 1. The zero-order valence-electron chi connectivity index (χ0n) is 9.90. The number of hydrogen-bond acceptors (Lipinski definition) is 4. The number of amides is 2. The van der Waals surface area contributed by atoms with Crippen molar-refractivity contribution < 1.29 is 14.3 Å². The van der Waals surface area contributed by atoms with E-state index in [2.05, 4.69) is 5.32 Å². The van der Waals surface area contributed by atoms with E-state index in [4.69, 9.17) is 16.3 Å². The lowest BCUT2D eigenvalue weighted by Gasteiger charge is -2.27. The molecule has 1 aromatic carbocycles. The van der Waals surface area contributed by atoms with Crippen LogP contribution in [0.5, 0.6) is 5.75 Å². The highest BCUT2D eigenvalue weighted by Gasteiger charge is 2.30. The van der Waals surface area contributed by atoms with Gasteiger partial charge in [-0.25, -0.2) is 4.90 Å². The Labute approximate surface area is 110 Å². The number of ether oxygens (including phenoxy) is 1. The smallest absolute Gasteiger partial charge is 0.271 e. The summed E-state index contributed by atoms with van der Waals surface area (Å²) in [4.78, 5) is 24.5. The summed E-state index contributed by atoms with van der Waals surface area (Å²) >= 11 is 5.52. The predicted octanol–water partition coefficient (Wildman–Crippen LogP) is 0.897. The average Bonchev–Trinajstić information content (AvgIpc) is 2.38. The summed E-state index contributed by atoms with van der Waals surface area (Å²) in [6.07, 6.45) is 0. The molecule has 0 aromatic heterocycles. The van der Waals surface area contributed by atoms with E-state index in [1.54, 1.807) is 12.1 Å². The number of anilines is 1. The fraction of sp³-hybridized carbons (Fsp3) is 0.333. The van der Waals surface area contributed by atoms with Crippen LogP contribution < -0.4 is 15.0 Å². The van der Waals surface area contributed by atoms with Crippen molar-refractivity contribution in [3.63, 3.8) is 0 Å². The molecule has 6 heteroatoms. The van der Waals surface area contributed by atoms with E-state index in [1.165, 1.54) is 0 Å². The molecule has 0 unspecified atom stereocenters. The Bertz CT molecular complexity index is 490. The van der Waals surface area contributed by atoms with Gasteiger partial charge < -0.3 is 10.1 Å². The first-order valence-corrected chi connectivity index (χ1v) is 6.03. The van der Waals surface area contributed by atoms with Gasteiger partial charge in [0.1, 0.15) is 11.6 Å². The first-order chi connectivity index (χ1) is 8.67. The fourth-order valence-electron chi connectivity index (χ4n) is 1.85. The zero-order valence-corrected chi connectivity index (χ0v) is 10.7. The van der Waals surface area contributed by atoms with Gasteiger partial charge in [-0.1, -0.05) is 6.07 Å². The second-order valence-electron chi connectivity index (χ2n) is 3.88. The standard InChI is InChI=1S/C12H13ClN2O3/c1-14-6-8-2-3-10-9(4-8)15(11(16)5-13)12(17)7-18-10/h2-4,14H,5-7H2,1H3. The molecule has 5 nitrogen and oxygen atoms in total. The lowest BCUT2D eigenvalue weighted by Crippen LogP contribution is -2.43. The van der Waals surface area contributed by atoms with Crippen LogP contribution in [0.15, 0.2) is 18.2 Å². The average molecular weight is 269 g/mol. The number of carbonyl (C=O) groups excluding carboxylic acids is 2. The summed E-state index contributed by atoms with van der Waals surface area (Å²) in [6, 6.07) is 5.39. The van der Waals surface area contributed by atoms with Crippen molar-refractivity contribution in [1.82, 2.24) is 5.32 Å². The number of imide groups is 1. The van der Waals surface area contributed by atoms with Crippen LogP contribution in [0, 0.1) is 0 Å². The van der Waals surface area contributed by atoms with Gasteiger partial charge in [0.2, 0.25) is 5.91 Å². The number of alkyl halides is 1. The van der Waals surface area contributed by atoms with E-state index in [9.17, 15) is 9.59 Å². The van der Waals surface area contributed by atoms with Gasteiger partial charge in [-0.3, -0.25) is 9.59 Å². The monoisotopic (exact) mass is 268 g/mol. The number of benzene rings is 1. The third kappa shape index (κ3) is 2.32. The third-order valence-electron chi connectivity index (χ3n) is 2.61. The molecule has 0 atom stereocenters. The van der Waals surface area contributed by atoms with E-state index in [-0.39, 0.29) is 12.5 Å². The maximum absolute atomic E-state index is 11.7. The van der Waals surface area contributed by atoms with E-state index >= 15 is 0 Å². The summed E-state index contributed by atoms with van der Waals surface area (Å²) in [5.41, 5.74) is 1.42. The molecule has 0 saturated carbocycles. The minimum atomic E-state index is -0.437. The maximum Gasteiger partial charge on any atom is 0.271 e. The van der Waals surface area contributed by atoms with Crippen LogP contribution in [0.1, 0.15) is 5.56 Å². The lowest BCUT2D eigenvalue weighted by atomic mass is 10.1. The summed E-state index contributed by atoms with van der Waals surface area (Å²) in [5, 5.41) is 3.00. The van der Waals surface area contributed by atoms with Gasteiger partial charge in [-0.05, 0) is 24.7 Å². The molecule has 1 N–H and O–H groups in total. The Kier molecular flexibility index (Phi) is 3.84. The number of halogens is 1. The lowest BCUT2D eigenvalue weighted by molar-refractivity contribution is -0.127. The Hall–Kier alpha value is -1.59. The summed E-state index contributed by atoms with van der Waals surface area (Å²) in [7, 11) is 1.82. The topological polar surface area (TPSA) is 58.6 Å². The fourth-order valence-corrected chi connectivity index (χ4v) is 1.96. The van der Waals surface area contributed by atoms with Crippen LogP contribution in [-0.2, 0) is 16.1 Å². The molecule has 18 heavy (non-hydrogen) atoms. The van der Waals surface area contributed by atoms with Gasteiger partial charge in [0.05, 0.1) is 5.69 Å². The number of carbonyl (C=O) groups is 2. The molecule has 2 amide bonds. The quantitative estimate of drug-likeness (QED) is 0.828. The van der Waals surface area contributed by atoms with Crippen molar-refractivity contribution in [2.45, 2.75) is 6.54 Å². The Morgan fingerprint density at radius 1 is 1.56 bits per heavy atom. The van der Waals surface area contributed by atoms with E-state index in [0.717, 1.165) is 10.5 Å². The molecule has 1 aliphatic rings. The van der Waals surface area contributed by atoms with Gasteiger partial charge in [0.25, 0.3) is 5.91 Å². The summed E-state index contributed by atoms with van der Waals surface area (Å²) in [5.74, 6) is -0.544. The van der Waals surface area contributed by atoms with E-state index in [1.807, 2.05) is 13.1 Å². The molecule has 0 fully saturated rings. The van der Waals surface area contributed by atoms with Crippen molar-refractivity contribution in [1.29, 1.82) is 0 Å². The number of fused-ring (bicyclic) bond motifs is 1. The first kappa shape index (κ1) is 12.9. The maximum atomic E-state index is 11.7. The molecule has 2 rings (SSSR count). The van der Waals surface area contributed by atoms with Crippen molar-refractivity contribution in [2.24, 2.45) is 0 Å². The Balaban J connectivity index is 2.43. The second kappa shape index (κ2) is 5.37. The van der Waals surface area contributed by atoms with Crippen LogP contribution in [0.2, 0.25) is 0 Å². The molecule has 0 saturated heterocycles. The molecule has 1 heterocycles. The molecule has 1 aromatic rings. The molecular formula is C12H13ClN2O3. The third-order valence-corrected chi connectivity index (χ3v) is 2.84. The van der Waals surface area contributed by atoms with Crippen LogP contribution in [0.3, 0.4) is 0 Å². The van der Waals surface area contributed by atoms with Gasteiger partial charge >= 0.3 is 0 Å². The molecule has 1 aliphatic heterocycles. The normalized spacial score (nSPS) is 14.1.